The highest BCUT2D eigenvalue weighted by molar-refractivity contribution is 5.94. The van der Waals surface area contributed by atoms with E-state index in [0.29, 0.717) is 25.9 Å². The second-order valence-electron chi connectivity index (χ2n) is 6.77. The Kier molecular flexibility index (Phi) is 4.74. The monoisotopic (exact) mass is 346 g/mol. The van der Waals surface area contributed by atoms with Gasteiger partial charge in [0.1, 0.15) is 11.6 Å². The number of hydrogen-bond donors (Lipinski definition) is 0. The van der Waals surface area contributed by atoms with Crippen molar-refractivity contribution in [3.63, 3.8) is 0 Å². The van der Waals surface area contributed by atoms with Crippen molar-refractivity contribution in [2.45, 2.75) is 38.6 Å². The minimum atomic E-state index is -0.493. The number of benzene rings is 1. The van der Waals surface area contributed by atoms with Gasteiger partial charge in [0.05, 0.1) is 5.56 Å². The van der Waals surface area contributed by atoms with E-state index < -0.39 is 5.82 Å². The molecule has 6 nitrogen and oxygen atoms in total. The Morgan fingerprint density at radius 1 is 1.24 bits per heavy atom. The summed E-state index contributed by atoms with van der Waals surface area (Å²) in [4.78, 5) is 26.4. The molecule has 134 valence electrons. The quantitative estimate of drug-likeness (QED) is 0.857. The first-order valence-electron chi connectivity index (χ1n) is 8.59. The lowest BCUT2D eigenvalue weighted by Crippen LogP contribution is -2.39. The zero-order valence-corrected chi connectivity index (χ0v) is 14.8. The molecule has 0 aliphatic carbocycles. The summed E-state index contributed by atoms with van der Waals surface area (Å²) in [5.74, 6) is 0.133. The SMILES string of the molecule is CC(C)n1c(C2CCN(C(=O)c3ccccc3F)CC2)nn(C)c1=O. The number of carbonyl (C=O) groups excluding carboxylic acids is 1. The summed E-state index contributed by atoms with van der Waals surface area (Å²) in [5, 5.41) is 4.40. The molecule has 25 heavy (non-hydrogen) atoms. The minimum absolute atomic E-state index is 0.0364. The molecule has 0 spiro atoms. The number of rotatable bonds is 3. The van der Waals surface area contributed by atoms with Gasteiger partial charge in [0.2, 0.25) is 0 Å². The standard InChI is InChI=1S/C18H23FN4O2/c1-12(2)23-16(20-21(3)18(23)25)13-8-10-22(11-9-13)17(24)14-6-4-5-7-15(14)19/h4-7,12-13H,8-11H2,1-3H3. The highest BCUT2D eigenvalue weighted by Gasteiger charge is 2.29. The maximum Gasteiger partial charge on any atom is 0.345 e. The van der Waals surface area contributed by atoms with Gasteiger partial charge in [-0.05, 0) is 38.8 Å². The summed E-state index contributed by atoms with van der Waals surface area (Å²) in [6.45, 7) is 4.98. The fourth-order valence-corrected chi connectivity index (χ4v) is 3.41. The molecule has 1 aromatic carbocycles. The molecule has 2 heterocycles. The predicted molar refractivity (Wildman–Crippen MR) is 92.1 cm³/mol. The molecule has 1 fully saturated rings. The summed E-state index contributed by atoms with van der Waals surface area (Å²) in [5.41, 5.74) is -0.00672. The van der Waals surface area contributed by atoms with Gasteiger partial charge in [-0.25, -0.2) is 13.9 Å². The van der Waals surface area contributed by atoms with Gasteiger partial charge < -0.3 is 4.90 Å². The molecule has 1 aromatic heterocycles. The number of piperidine rings is 1. The van der Waals surface area contributed by atoms with E-state index in [1.165, 1.54) is 16.8 Å². The second-order valence-corrected chi connectivity index (χ2v) is 6.77. The molecule has 3 rings (SSSR count). The van der Waals surface area contributed by atoms with Crippen molar-refractivity contribution in [3.05, 3.63) is 52.0 Å². The number of aryl methyl sites for hydroxylation is 1. The molecule has 2 aromatic rings. The number of halogens is 1. The van der Waals surface area contributed by atoms with Crippen molar-refractivity contribution in [1.82, 2.24) is 19.2 Å². The molecule has 1 amide bonds. The Hall–Kier alpha value is -2.44. The van der Waals surface area contributed by atoms with E-state index in [0.717, 1.165) is 5.82 Å². The summed E-state index contributed by atoms with van der Waals surface area (Å²) >= 11 is 0. The van der Waals surface area contributed by atoms with Crippen LogP contribution in [0.1, 0.15) is 54.8 Å². The minimum Gasteiger partial charge on any atom is -0.339 e. The van der Waals surface area contributed by atoms with E-state index in [4.69, 9.17) is 0 Å². The lowest BCUT2D eigenvalue weighted by molar-refractivity contribution is 0.0705. The van der Waals surface area contributed by atoms with Gasteiger partial charge in [0.15, 0.2) is 0 Å². The zero-order valence-electron chi connectivity index (χ0n) is 14.8. The molecule has 7 heteroatoms. The molecule has 1 aliphatic heterocycles. The fraction of sp³-hybridized carbons (Fsp3) is 0.500. The molecule has 0 radical (unpaired) electrons. The summed E-state index contributed by atoms with van der Waals surface area (Å²) < 4.78 is 16.9. The van der Waals surface area contributed by atoms with Crippen LogP contribution in [-0.2, 0) is 7.05 Å². The van der Waals surface area contributed by atoms with Crippen molar-refractivity contribution in [1.29, 1.82) is 0 Å². The van der Waals surface area contributed by atoms with Crippen LogP contribution in [0.4, 0.5) is 4.39 Å². The number of carbonyl (C=O) groups is 1. The first-order chi connectivity index (χ1) is 11.9. The van der Waals surface area contributed by atoms with Crippen LogP contribution in [0.5, 0.6) is 0 Å². The van der Waals surface area contributed by atoms with Crippen molar-refractivity contribution < 1.29 is 9.18 Å². The maximum absolute atomic E-state index is 13.8. The third-order valence-corrected chi connectivity index (χ3v) is 4.75. The van der Waals surface area contributed by atoms with E-state index in [9.17, 15) is 14.0 Å². The normalized spacial score (nSPS) is 15.8. The molecule has 0 saturated carbocycles. The number of amides is 1. The zero-order chi connectivity index (χ0) is 18.1. The van der Waals surface area contributed by atoms with Crippen LogP contribution in [0.3, 0.4) is 0 Å². The van der Waals surface area contributed by atoms with Crippen molar-refractivity contribution in [3.8, 4) is 0 Å². The number of hydrogen-bond acceptors (Lipinski definition) is 3. The van der Waals surface area contributed by atoms with Crippen LogP contribution in [0.15, 0.2) is 29.1 Å². The molecular weight excluding hydrogens is 323 g/mol. The third-order valence-electron chi connectivity index (χ3n) is 4.75. The average molecular weight is 346 g/mol. The summed E-state index contributed by atoms with van der Waals surface area (Å²) in [7, 11) is 1.65. The van der Waals surface area contributed by atoms with Crippen LogP contribution in [0.2, 0.25) is 0 Å². The van der Waals surface area contributed by atoms with Gasteiger partial charge in [-0.2, -0.15) is 5.10 Å². The molecule has 1 saturated heterocycles. The summed E-state index contributed by atoms with van der Waals surface area (Å²) in [6, 6.07) is 6.09. The van der Waals surface area contributed by atoms with E-state index in [1.54, 1.807) is 28.6 Å². The van der Waals surface area contributed by atoms with E-state index in [2.05, 4.69) is 5.10 Å². The molecule has 0 atom stereocenters. The van der Waals surface area contributed by atoms with Gasteiger partial charge in [0.25, 0.3) is 5.91 Å². The van der Waals surface area contributed by atoms with E-state index >= 15 is 0 Å². The Bertz CT molecular complexity index is 832. The van der Waals surface area contributed by atoms with Gasteiger partial charge in [-0.3, -0.25) is 9.36 Å². The van der Waals surface area contributed by atoms with Gasteiger partial charge in [-0.15, -0.1) is 0 Å². The predicted octanol–water partition coefficient (Wildman–Crippen LogP) is 2.32. The Morgan fingerprint density at radius 2 is 1.88 bits per heavy atom. The molecule has 0 N–H and O–H groups in total. The molecule has 1 aliphatic rings. The van der Waals surface area contributed by atoms with Crippen LogP contribution < -0.4 is 5.69 Å². The van der Waals surface area contributed by atoms with Crippen LogP contribution in [0.25, 0.3) is 0 Å². The van der Waals surface area contributed by atoms with Crippen molar-refractivity contribution in [2.75, 3.05) is 13.1 Å². The first kappa shape index (κ1) is 17.4. The first-order valence-corrected chi connectivity index (χ1v) is 8.59. The van der Waals surface area contributed by atoms with Gasteiger partial charge in [0, 0.05) is 32.1 Å². The molecule has 0 unspecified atom stereocenters. The average Bonchev–Trinajstić information content (AvgIpc) is 2.90. The van der Waals surface area contributed by atoms with Gasteiger partial charge in [-0.1, -0.05) is 12.1 Å². The Morgan fingerprint density at radius 3 is 2.48 bits per heavy atom. The van der Waals surface area contributed by atoms with Gasteiger partial charge >= 0.3 is 5.69 Å². The molecule has 0 bridgehead atoms. The number of aromatic nitrogens is 3. The summed E-state index contributed by atoms with van der Waals surface area (Å²) in [6.07, 6.45) is 1.42. The number of nitrogens with zero attached hydrogens (tertiary/aromatic N) is 4. The second kappa shape index (κ2) is 6.82. The Labute approximate surface area is 145 Å². The van der Waals surface area contributed by atoms with Crippen LogP contribution in [-0.4, -0.2) is 38.2 Å². The highest BCUT2D eigenvalue weighted by Crippen LogP contribution is 2.28. The highest BCUT2D eigenvalue weighted by atomic mass is 19.1. The van der Waals surface area contributed by atoms with E-state index in [-0.39, 0.29) is 29.1 Å². The number of likely N-dealkylation sites (tertiary alicyclic amines) is 1. The molecular formula is C18H23FN4O2. The maximum atomic E-state index is 13.8. The lowest BCUT2D eigenvalue weighted by Gasteiger charge is -2.32. The van der Waals surface area contributed by atoms with Crippen LogP contribution in [0, 0.1) is 5.82 Å². The van der Waals surface area contributed by atoms with Crippen molar-refractivity contribution >= 4 is 5.91 Å². The lowest BCUT2D eigenvalue weighted by atomic mass is 9.95. The Balaban J connectivity index is 1.75. The van der Waals surface area contributed by atoms with E-state index in [1.807, 2.05) is 13.8 Å². The smallest absolute Gasteiger partial charge is 0.339 e. The largest absolute Gasteiger partial charge is 0.345 e. The van der Waals surface area contributed by atoms with Crippen molar-refractivity contribution in [2.24, 2.45) is 7.05 Å². The van der Waals surface area contributed by atoms with Crippen LogP contribution >= 0.6 is 0 Å². The topological polar surface area (TPSA) is 60.1 Å². The third kappa shape index (κ3) is 3.23. The fourth-order valence-electron chi connectivity index (χ4n) is 3.41.